The summed E-state index contributed by atoms with van der Waals surface area (Å²) in [5.74, 6) is 4.46. The third-order valence-electron chi connectivity index (χ3n) is 5.30. The molecule has 2 aromatic carbocycles. The summed E-state index contributed by atoms with van der Waals surface area (Å²) < 4.78 is 5.28. The van der Waals surface area contributed by atoms with Crippen LogP contribution in [0.5, 0.6) is 0 Å². The number of carbonyl (C=O) groups is 3. The monoisotopic (exact) mass is 480 g/mol. The molecule has 1 fully saturated rings. The lowest BCUT2D eigenvalue weighted by Gasteiger charge is -2.25. The molecule has 0 aromatic heterocycles. The lowest BCUT2D eigenvalue weighted by molar-refractivity contribution is -0.133. The van der Waals surface area contributed by atoms with E-state index in [2.05, 4.69) is 22.5 Å². The van der Waals surface area contributed by atoms with Crippen molar-refractivity contribution in [1.29, 1.82) is 0 Å². The van der Waals surface area contributed by atoms with Gasteiger partial charge in [-0.2, -0.15) is 0 Å². The Kier molecular flexibility index (Phi) is 9.34. The minimum atomic E-state index is -1.29. The van der Waals surface area contributed by atoms with E-state index in [1.54, 1.807) is 36.4 Å². The van der Waals surface area contributed by atoms with Gasteiger partial charge in [0.15, 0.2) is 0 Å². The number of carbonyl (C=O) groups excluding carboxylic acids is 3. The van der Waals surface area contributed by atoms with Crippen LogP contribution in [-0.4, -0.2) is 77.9 Å². The molecule has 2 aromatic rings. The lowest BCUT2D eigenvalue weighted by Crippen LogP contribution is -2.51. The normalized spacial score (nSPS) is 15.2. The Hall–Kier alpha value is -3.75. The van der Waals surface area contributed by atoms with E-state index in [9.17, 15) is 19.5 Å². The molecule has 0 aliphatic carbocycles. The zero-order valence-electron chi connectivity index (χ0n) is 19.3. The summed E-state index contributed by atoms with van der Waals surface area (Å²) in [4.78, 5) is 38.1. The second kappa shape index (κ2) is 12.6. The van der Waals surface area contributed by atoms with Crippen molar-refractivity contribution in [1.82, 2.24) is 15.7 Å². The number of nitrogens with zero attached hydrogens (tertiary/aromatic N) is 1. The van der Waals surface area contributed by atoms with Crippen LogP contribution in [0.25, 0.3) is 0 Å². The fourth-order valence-electron chi connectivity index (χ4n) is 3.35. The first-order valence-electron chi connectivity index (χ1n) is 11.1. The van der Waals surface area contributed by atoms with E-state index in [0.29, 0.717) is 31.0 Å². The van der Waals surface area contributed by atoms with Crippen LogP contribution in [0.2, 0.25) is 0 Å². The van der Waals surface area contributed by atoms with Crippen LogP contribution < -0.4 is 16.1 Å². The maximum atomic E-state index is 12.3. The van der Waals surface area contributed by atoms with Gasteiger partial charge in [0, 0.05) is 35.5 Å². The molecule has 2 atom stereocenters. The molecule has 1 saturated heterocycles. The molecule has 10 heteroatoms. The van der Waals surface area contributed by atoms with E-state index in [1.807, 2.05) is 17.0 Å². The Morgan fingerprint density at radius 2 is 1.57 bits per heavy atom. The molecule has 0 unspecified atom stereocenters. The molecule has 0 bridgehead atoms. The van der Waals surface area contributed by atoms with Crippen molar-refractivity contribution in [3.63, 3.8) is 0 Å². The van der Waals surface area contributed by atoms with Crippen molar-refractivity contribution < 1.29 is 29.4 Å². The predicted octanol–water partition coefficient (Wildman–Crippen LogP) is 0.342. The van der Waals surface area contributed by atoms with Gasteiger partial charge in [-0.05, 0) is 55.5 Å². The van der Waals surface area contributed by atoms with Crippen LogP contribution in [0.4, 0.5) is 5.69 Å². The third kappa shape index (κ3) is 7.91. The maximum Gasteiger partial charge on any atom is 0.268 e. The number of amides is 3. The van der Waals surface area contributed by atoms with Crippen LogP contribution in [0, 0.1) is 11.8 Å². The second-order valence-corrected chi connectivity index (χ2v) is 8.01. The highest BCUT2D eigenvalue weighted by Gasteiger charge is 2.25. The van der Waals surface area contributed by atoms with E-state index in [4.69, 9.17) is 9.94 Å². The Morgan fingerprint density at radius 3 is 2.11 bits per heavy atom. The number of rotatable bonds is 7. The topological polar surface area (TPSA) is 140 Å². The van der Waals surface area contributed by atoms with Gasteiger partial charge in [-0.25, -0.2) is 5.48 Å². The number of morpholine rings is 1. The Bertz CT molecular complexity index is 1080. The molecule has 3 rings (SSSR count). The van der Waals surface area contributed by atoms with Crippen molar-refractivity contribution >= 4 is 23.4 Å². The molecule has 1 heterocycles. The van der Waals surface area contributed by atoms with Gasteiger partial charge in [0.1, 0.15) is 6.04 Å². The molecule has 10 nitrogen and oxygen atoms in total. The standard InChI is InChI=1S/C25H28N4O6/c1-17(30)23(25(33)28-34)27-24(32)20-8-4-18(5-9-20)2-3-19-6-10-21(11-7-19)26-22(31)16-29-12-14-35-15-13-29/h4-11,17,23,30,34H,12-16H2,1H3,(H,26,31)(H,27,32)(H,28,33)/t17-,23+/m1/s1. The minimum Gasteiger partial charge on any atom is -0.391 e. The Morgan fingerprint density at radius 1 is 1.00 bits per heavy atom. The summed E-state index contributed by atoms with van der Waals surface area (Å²) in [5, 5.41) is 23.6. The zero-order valence-corrected chi connectivity index (χ0v) is 19.3. The van der Waals surface area contributed by atoms with Crippen LogP contribution >= 0.6 is 0 Å². The first kappa shape index (κ1) is 25.9. The number of hydroxylamine groups is 1. The van der Waals surface area contributed by atoms with Crippen molar-refractivity contribution in [3.05, 3.63) is 65.2 Å². The average molecular weight is 481 g/mol. The number of aliphatic hydroxyl groups is 1. The van der Waals surface area contributed by atoms with Gasteiger partial charge in [0.2, 0.25) is 5.91 Å². The number of hydrogen-bond acceptors (Lipinski definition) is 7. The van der Waals surface area contributed by atoms with Crippen LogP contribution in [-0.2, 0) is 14.3 Å². The van der Waals surface area contributed by atoms with Gasteiger partial charge in [0.05, 0.1) is 25.9 Å². The Labute approximate surface area is 203 Å². The molecule has 35 heavy (non-hydrogen) atoms. The summed E-state index contributed by atoms with van der Waals surface area (Å²) in [6.07, 6.45) is -1.19. The number of benzene rings is 2. The van der Waals surface area contributed by atoms with Crippen molar-refractivity contribution in [2.24, 2.45) is 0 Å². The number of aliphatic hydroxyl groups excluding tert-OH is 1. The van der Waals surface area contributed by atoms with E-state index in [-0.39, 0.29) is 11.5 Å². The average Bonchev–Trinajstić information content (AvgIpc) is 2.87. The van der Waals surface area contributed by atoms with E-state index >= 15 is 0 Å². The minimum absolute atomic E-state index is 0.0772. The van der Waals surface area contributed by atoms with Gasteiger partial charge in [-0.15, -0.1) is 0 Å². The predicted molar refractivity (Wildman–Crippen MR) is 128 cm³/mol. The van der Waals surface area contributed by atoms with Crippen LogP contribution in [0.1, 0.15) is 28.4 Å². The largest absolute Gasteiger partial charge is 0.391 e. The molecular formula is C25H28N4O6. The number of anilines is 1. The summed E-state index contributed by atoms with van der Waals surface area (Å²) in [7, 11) is 0. The molecule has 1 aliphatic rings. The first-order valence-corrected chi connectivity index (χ1v) is 11.1. The Balaban J connectivity index is 1.54. The van der Waals surface area contributed by atoms with Gasteiger partial charge >= 0.3 is 0 Å². The van der Waals surface area contributed by atoms with E-state index < -0.39 is 24.0 Å². The molecular weight excluding hydrogens is 452 g/mol. The number of hydrogen-bond donors (Lipinski definition) is 5. The highest BCUT2D eigenvalue weighted by molar-refractivity contribution is 5.97. The van der Waals surface area contributed by atoms with Gasteiger partial charge in [-0.3, -0.25) is 24.5 Å². The zero-order chi connectivity index (χ0) is 25.2. The van der Waals surface area contributed by atoms with Crippen LogP contribution in [0.15, 0.2) is 48.5 Å². The number of ether oxygens (including phenoxy) is 1. The quantitative estimate of drug-likeness (QED) is 0.219. The van der Waals surface area contributed by atoms with Crippen molar-refractivity contribution in [2.75, 3.05) is 38.2 Å². The summed E-state index contributed by atoms with van der Waals surface area (Å²) in [5.41, 5.74) is 3.80. The second-order valence-electron chi connectivity index (χ2n) is 8.01. The first-order chi connectivity index (χ1) is 16.9. The lowest BCUT2D eigenvalue weighted by atomic mass is 10.1. The molecule has 5 N–H and O–H groups in total. The van der Waals surface area contributed by atoms with Crippen LogP contribution in [0.3, 0.4) is 0 Å². The summed E-state index contributed by atoms with van der Waals surface area (Å²) in [6, 6.07) is 12.3. The van der Waals surface area contributed by atoms with Crippen molar-refractivity contribution in [3.8, 4) is 11.8 Å². The molecule has 0 saturated carbocycles. The van der Waals surface area contributed by atoms with Gasteiger partial charge < -0.3 is 20.5 Å². The molecule has 184 valence electrons. The molecule has 0 spiro atoms. The highest BCUT2D eigenvalue weighted by atomic mass is 16.5. The fourth-order valence-corrected chi connectivity index (χ4v) is 3.35. The smallest absolute Gasteiger partial charge is 0.268 e. The molecule has 0 radical (unpaired) electrons. The summed E-state index contributed by atoms with van der Waals surface area (Å²) >= 11 is 0. The summed E-state index contributed by atoms with van der Waals surface area (Å²) in [6.45, 7) is 4.43. The van der Waals surface area contributed by atoms with E-state index in [0.717, 1.165) is 18.7 Å². The highest BCUT2D eigenvalue weighted by Crippen LogP contribution is 2.10. The fraction of sp³-hybridized carbons (Fsp3) is 0.320. The molecule has 3 amide bonds. The maximum absolute atomic E-state index is 12.3. The third-order valence-corrected chi connectivity index (χ3v) is 5.30. The van der Waals surface area contributed by atoms with Gasteiger partial charge in [0.25, 0.3) is 11.8 Å². The van der Waals surface area contributed by atoms with E-state index in [1.165, 1.54) is 12.4 Å². The number of nitrogens with one attached hydrogen (secondary N) is 3. The SMILES string of the molecule is C[C@@H](O)[C@H](NC(=O)c1ccc(C#Cc2ccc(NC(=O)CN3CCOCC3)cc2)cc1)C(=O)NO. The van der Waals surface area contributed by atoms with Gasteiger partial charge in [-0.1, -0.05) is 11.8 Å². The van der Waals surface area contributed by atoms with Crippen molar-refractivity contribution in [2.45, 2.75) is 19.1 Å². The molecule has 1 aliphatic heterocycles.